The summed E-state index contributed by atoms with van der Waals surface area (Å²) < 4.78 is 20.2. The molecule has 1 aromatic carbocycles. The molecule has 2 amide bonds. The zero-order chi connectivity index (χ0) is 24.6. The van der Waals surface area contributed by atoms with E-state index in [1.165, 1.54) is 39.7 Å². The third-order valence-corrected chi connectivity index (χ3v) is 6.38. The number of fused-ring (bicyclic) bond motifs is 3. The summed E-state index contributed by atoms with van der Waals surface area (Å²) in [6, 6.07) is 4.16. The number of hydrogen-bond donors (Lipinski definition) is 1. The monoisotopic (exact) mass is 491 g/mol. The fraction of sp³-hybridized carbons (Fsp3) is 0.391. The van der Waals surface area contributed by atoms with Crippen molar-refractivity contribution in [2.24, 2.45) is 0 Å². The molecule has 34 heavy (non-hydrogen) atoms. The molecule has 2 aliphatic rings. The number of aliphatic carboxylic acids is 1. The molecule has 9 nitrogen and oxygen atoms in total. The molecule has 2 aliphatic heterocycles. The molecule has 0 saturated carbocycles. The lowest BCUT2D eigenvalue weighted by atomic mass is 9.94. The fourth-order valence-corrected chi connectivity index (χ4v) is 4.72. The number of nitrogens with zero attached hydrogens (tertiary/aromatic N) is 3. The van der Waals surface area contributed by atoms with Gasteiger partial charge in [-0.05, 0) is 37.0 Å². The van der Waals surface area contributed by atoms with Gasteiger partial charge in [-0.25, -0.2) is 4.39 Å². The number of aromatic nitrogens is 1. The SMILES string of the molecule is COc1c2c(c3n(c1=O)CCCCN(CC(=O)O)C3=O)CCN(Cc1ccc(F)c(Cl)c1)C2=O. The van der Waals surface area contributed by atoms with Crippen LogP contribution in [0.5, 0.6) is 5.75 Å². The highest BCUT2D eigenvalue weighted by molar-refractivity contribution is 6.30. The highest BCUT2D eigenvalue weighted by atomic mass is 35.5. The Morgan fingerprint density at radius 1 is 1.12 bits per heavy atom. The number of benzene rings is 1. The van der Waals surface area contributed by atoms with Gasteiger partial charge in [0.2, 0.25) is 0 Å². The normalized spacial score (nSPS) is 16.0. The maximum Gasteiger partial charge on any atom is 0.323 e. The Morgan fingerprint density at radius 3 is 2.53 bits per heavy atom. The van der Waals surface area contributed by atoms with Crippen LogP contribution >= 0.6 is 11.6 Å². The molecule has 1 aromatic heterocycles. The first-order chi connectivity index (χ1) is 16.2. The summed E-state index contributed by atoms with van der Waals surface area (Å²) in [5, 5.41) is 9.18. The second-order valence-electron chi connectivity index (χ2n) is 8.24. The van der Waals surface area contributed by atoms with Crippen molar-refractivity contribution in [3.05, 3.63) is 61.8 Å². The van der Waals surface area contributed by atoms with Gasteiger partial charge < -0.3 is 24.2 Å². The Bertz CT molecular complexity index is 1240. The van der Waals surface area contributed by atoms with Gasteiger partial charge in [-0.1, -0.05) is 17.7 Å². The highest BCUT2D eigenvalue weighted by Gasteiger charge is 2.37. The number of ether oxygens (including phenoxy) is 1. The molecule has 11 heteroatoms. The predicted molar refractivity (Wildman–Crippen MR) is 120 cm³/mol. The summed E-state index contributed by atoms with van der Waals surface area (Å²) in [6.07, 6.45) is 1.36. The number of rotatable bonds is 5. The maximum atomic E-state index is 13.5. The minimum Gasteiger partial charge on any atom is -0.490 e. The van der Waals surface area contributed by atoms with Gasteiger partial charge >= 0.3 is 5.97 Å². The molecule has 0 aliphatic carbocycles. The van der Waals surface area contributed by atoms with Gasteiger partial charge in [0, 0.05) is 31.7 Å². The van der Waals surface area contributed by atoms with Crippen LogP contribution in [-0.4, -0.2) is 64.0 Å². The smallest absolute Gasteiger partial charge is 0.323 e. The zero-order valence-corrected chi connectivity index (χ0v) is 19.2. The lowest BCUT2D eigenvalue weighted by Gasteiger charge is -2.33. The molecule has 180 valence electrons. The van der Waals surface area contributed by atoms with Crippen LogP contribution in [0, 0.1) is 5.82 Å². The average Bonchev–Trinajstić information content (AvgIpc) is 2.78. The van der Waals surface area contributed by atoms with E-state index in [2.05, 4.69) is 0 Å². The van der Waals surface area contributed by atoms with E-state index >= 15 is 0 Å². The molecule has 0 fully saturated rings. The highest BCUT2D eigenvalue weighted by Crippen LogP contribution is 2.31. The van der Waals surface area contributed by atoms with Crippen molar-refractivity contribution in [3.8, 4) is 5.75 Å². The summed E-state index contributed by atoms with van der Waals surface area (Å²) in [4.78, 5) is 54.1. The average molecular weight is 492 g/mol. The van der Waals surface area contributed by atoms with E-state index < -0.39 is 35.7 Å². The summed E-state index contributed by atoms with van der Waals surface area (Å²) in [6.45, 7) is 0.363. The van der Waals surface area contributed by atoms with Gasteiger partial charge in [-0.2, -0.15) is 0 Å². The first-order valence-electron chi connectivity index (χ1n) is 10.8. The summed E-state index contributed by atoms with van der Waals surface area (Å²) in [5.74, 6) is -2.98. The summed E-state index contributed by atoms with van der Waals surface area (Å²) in [7, 11) is 1.29. The van der Waals surface area contributed by atoms with Crippen molar-refractivity contribution in [1.82, 2.24) is 14.4 Å². The Labute approximate surface area is 199 Å². The lowest BCUT2D eigenvalue weighted by molar-refractivity contribution is -0.137. The van der Waals surface area contributed by atoms with Crippen molar-refractivity contribution < 1.29 is 28.6 Å². The number of methoxy groups -OCH3 is 1. The Morgan fingerprint density at radius 2 is 1.85 bits per heavy atom. The summed E-state index contributed by atoms with van der Waals surface area (Å²) in [5.41, 5.74) is 0.412. The number of pyridine rings is 1. The molecule has 2 aromatic rings. The molecule has 0 radical (unpaired) electrons. The Hall–Kier alpha value is -3.40. The largest absolute Gasteiger partial charge is 0.490 e. The van der Waals surface area contributed by atoms with E-state index in [-0.39, 0.29) is 54.6 Å². The first-order valence-corrected chi connectivity index (χ1v) is 11.2. The second-order valence-corrected chi connectivity index (χ2v) is 8.65. The van der Waals surface area contributed by atoms with Crippen molar-refractivity contribution >= 4 is 29.4 Å². The maximum absolute atomic E-state index is 13.5. The molecular formula is C23H23ClFN3O6. The van der Waals surface area contributed by atoms with E-state index in [9.17, 15) is 28.7 Å². The number of amides is 2. The third-order valence-electron chi connectivity index (χ3n) is 6.09. The minimum absolute atomic E-state index is 0.00223. The minimum atomic E-state index is -1.16. The molecular weight excluding hydrogens is 469 g/mol. The standard InChI is InChI=1S/C23H23ClFN3O6/c1-34-20-18-14(6-9-27(21(18)31)11-13-4-5-16(25)15(24)10-13)19-22(32)26(12-17(29)30)7-2-3-8-28(19)23(20)33/h4-5,10H,2-3,6-9,11-12H2,1H3,(H,29,30). The molecule has 0 bridgehead atoms. The van der Waals surface area contributed by atoms with Gasteiger partial charge in [0.25, 0.3) is 17.4 Å². The van der Waals surface area contributed by atoms with E-state index in [1.807, 2.05) is 0 Å². The van der Waals surface area contributed by atoms with Crippen molar-refractivity contribution in [2.75, 3.05) is 26.7 Å². The number of carbonyl (C=O) groups excluding carboxylic acids is 2. The number of carboxylic acids is 1. The zero-order valence-electron chi connectivity index (χ0n) is 18.5. The Kier molecular flexibility index (Phi) is 6.60. The van der Waals surface area contributed by atoms with Crippen molar-refractivity contribution in [3.63, 3.8) is 0 Å². The van der Waals surface area contributed by atoms with Gasteiger partial charge in [0.05, 0.1) is 17.7 Å². The van der Waals surface area contributed by atoms with Crippen LogP contribution in [0.4, 0.5) is 4.39 Å². The third kappa shape index (κ3) is 4.25. The topological polar surface area (TPSA) is 109 Å². The first kappa shape index (κ1) is 23.7. The molecule has 1 N–H and O–H groups in total. The van der Waals surface area contributed by atoms with E-state index in [4.69, 9.17) is 16.3 Å². The van der Waals surface area contributed by atoms with Crippen molar-refractivity contribution in [1.29, 1.82) is 0 Å². The molecule has 4 rings (SSSR count). The number of halogens is 2. The molecule has 0 unspecified atom stereocenters. The van der Waals surface area contributed by atoms with Crippen LogP contribution in [-0.2, 0) is 24.3 Å². The van der Waals surface area contributed by atoms with Crippen LogP contribution in [0.3, 0.4) is 0 Å². The molecule has 0 atom stereocenters. The van der Waals surface area contributed by atoms with E-state index in [1.54, 1.807) is 0 Å². The lowest BCUT2D eigenvalue weighted by Crippen LogP contribution is -2.46. The van der Waals surface area contributed by atoms with E-state index in [0.717, 1.165) is 0 Å². The quantitative estimate of drug-likeness (QED) is 0.686. The van der Waals surface area contributed by atoms with Gasteiger partial charge in [0.1, 0.15) is 18.1 Å². The van der Waals surface area contributed by atoms with Gasteiger partial charge in [-0.3, -0.25) is 19.2 Å². The van der Waals surface area contributed by atoms with Gasteiger partial charge in [-0.15, -0.1) is 0 Å². The van der Waals surface area contributed by atoms with Crippen LogP contribution in [0.2, 0.25) is 5.02 Å². The molecule has 0 saturated heterocycles. The second kappa shape index (κ2) is 9.46. The van der Waals surface area contributed by atoms with Gasteiger partial charge in [0.15, 0.2) is 5.75 Å². The number of hydrogen-bond acceptors (Lipinski definition) is 5. The van der Waals surface area contributed by atoms with Crippen molar-refractivity contribution in [2.45, 2.75) is 32.4 Å². The van der Waals surface area contributed by atoms with Crippen LogP contribution in [0.1, 0.15) is 44.8 Å². The van der Waals surface area contributed by atoms with Crippen LogP contribution in [0.15, 0.2) is 23.0 Å². The number of carboxylic acid groups (broad SMARTS) is 1. The Balaban J connectivity index is 1.80. The molecule has 0 spiro atoms. The fourth-order valence-electron chi connectivity index (χ4n) is 4.52. The summed E-state index contributed by atoms with van der Waals surface area (Å²) >= 11 is 5.86. The van der Waals surface area contributed by atoms with Crippen LogP contribution < -0.4 is 10.3 Å². The van der Waals surface area contributed by atoms with E-state index in [0.29, 0.717) is 24.0 Å². The van der Waals surface area contributed by atoms with Crippen LogP contribution in [0.25, 0.3) is 0 Å². The predicted octanol–water partition coefficient (Wildman–Crippen LogP) is 2.17. The molecule has 3 heterocycles. The number of carbonyl (C=O) groups is 3.